The maximum Gasteiger partial charge on any atom is 0.257 e. The number of hydrogen-bond acceptors (Lipinski definition) is 9. The van der Waals surface area contributed by atoms with Crippen LogP contribution in [0.2, 0.25) is 0 Å². The third kappa shape index (κ3) is 5.23. The third-order valence-corrected chi connectivity index (χ3v) is 6.87. The van der Waals surface area contributed by atoms with Gasteiger partial charge in [0.25, 0.3) is 5.88 Å². The van der Waals surface area contributed by atoms with Crippen molar-refractivity contribution in [2.75, 3.05) is 45.1 Å². The molecule has 10 heteroatoms. The summed E-state index contributed by atoms with van der Waals surface area (Å²) < 4.78 is 24.6. The molecule has 2 aliphatic heterocycles. The monoisotopic (exact) mass is 517 g/mol. The van der Waals surface area contributed by atoms with Gasteiger partial charge in [0.2, 0.25) is 0 Å². The minimum Gasteiger partial charge on any atom is -0.493 e. The molecule has 0 amide bonds. The number of aryl methyl sites for hydroxylation is 1. The number of nitrogens with zero attached hydrogens (tertiary/aromatic N) is 4. The lowest BCUT2D eigenvalue weighted by atomic mass is 10.1. The van der Waals surface area contributed by atoms with E-state index in [4.69, 9.17) is 34.1 Å². The van der Waals surface area contributed by atoms with Crippen LogP contribution in [0, 0.1) is 0 Å². The van der Waals surface area contributed by atoms with Crippen molar-refractivity contribution < 1.29 is 24.1 Å². The molecule has 0 bridgehead atoms. The molecule has 1 unspecified atom stereocenters. The zero-order valence-electron chi connectivity index (χ0n) is 21.1. The van der Waals surface area contributed by atoms with Crippen molar-refractivity contribution in [2.45, 2.75) is 31.7 Å². The van der Waals surface area contributed by atoms with Crippen LogP contribution in [-0.2, 0) is 17.6 Å². The fraction of sp³-hybridized carbons (Fsp3) is 0.393. The van der Waals surface area contributed by atoms with E-state index in [0.717, 1.165) is 59.5 Å². The largest absolute Gasteiger partial charge is 0.493 e. The maximum atomic E-state index is 9.12. The number of anilines is 1. The van der Waals surface area contributed by atoms with Crippen LogP contribution in [-0.4, -0.2) is 64.6 Å². The van der Waals surface area contributed by atoms with Gasteiger partial charge in [-0.1, -0.05) is 6.07 Å². The predicted octanol–water partition coefficient (Wildman–Crippen LogP) is 3.52. The van der Waals surface area contributed by atoms with E-state index in [0.29, 0.717) is 44.5 Å². The number of hydrogen-bond donors (Lipinski definition) is 2. The normalized spacial score (nSPS) is 15.1. The number of pyridine rings is 2. The van der Waals surface area contributed by atoms with Crippen molar-refractivity contribution in [1.29, 1.82) is 0 Å². The van der Waals surface area contributed by atoms with E-state index in [1.54, 1.807) is 6.20 Å². The number of fused-ring (bicyclic) bond motifs is 3. The molecular weight excluding hydrogens is 486 g/mol. The van der Waals surface area contributed by atoms with Crippen LogP contribution in [0.4, 0.5) is 5.82 Å². The number of ether oxygens (including phenoxy) is 4. The van der Waals surface area contributed by atoms with E-state index in [9.17, 15) is 0 Å². The van der Waals surface area contributed by atoms with Gasteiger partial charge >= 0.3 is 0 Å². The van der Waals surface area contributed by atoms with Gasteiger partial charge in [0, 0.05) is 30.2 Å². The molecule has 0 spiro atoms. The van der Waals surface area contributed by atoms with Gasteiger partial charge in [-0.15, -0.1) is 0 Å². The van der Waals surface area contributed by atoms with Gasteiger partial charge in [0.1, 0.15) is 31.6 Å². The molecule has 0 saturated heterocycles. The topological polar surface area (TPSA) is 113 Å². The molecule has 38 heavy (non-hydrogen) atoms. The van der Waals surface area contributed by atoms with Gasteiger partial charge in [0.05, 0.1) is 31.0 Å². The van der Waals surface area contributed by atoms with Gasteiger partial charge in [-0.25, -0.2) is 9.97 Å². The molecule has 1 aromatic carbocycles. The van der Waals surface area contributed by atoms with Crippen LogP contribution in [0.5, 0.6) is 17.4 Å². The average molecular weight is 518 g/mol. The first-order chi connectivity index (χ1) is 18.8. The zero-order valence-corrected chi connectivity index (χ0v) is 21.1. The summed E-state index contributed by atoms with van der Waals surface area (Å²) in [5.41, 5.74) is 4.20. The smallest absolute Gasteiger partial charge is 0.257 e. The predicted molar refractivity (Wildman–Crippen MR) is 141 cm³/mol. The van der Waals surface area contributed by atoms with Crippen LogP contribution in [0.25, 0.3) is 10.9 Å². The van der Waals surface area contributed by atoms with Crippen LogP contribution >= 0.6 is 0 Å². The van der Waals surface area contributed by atoms with Gasteiger partial charge in [-0.2, -0.15) is 5.10 Å². The van der Waals surface area contributed by atoms with E-state index in [2.05, 4.69) is 22.4 Å². The highest BCUT2D eigenvalue weighted by Crippen LogP contribution is 2.34. The summed E-state index contributed by atoms with van der Waals surface area (Å²) in [6.07, 6.45) is 7.19. The highest BCUT2D eigenvalue weighted by atomic mass is 16.6. The summed E-state index contributed by atoms with van der Waals surface area (Å²) in [6, 6.07) is 12.0. The summed E-state index contributed by atoms with van der Waals surface area (Å²) in [5, 5.41) is 18.2. The van der Waals surface area contributed by atoms with E-state index < -0.39 is 0 Å². The third-order valence-electron chi connectivity index (χ3n) is 6.87. The highest BCUT2D eigenvalue weighted by Gasteiger charge is 2.22. The Morgan fingerprint density at radius 1 is 1.08 bits per heavy atom. The van der Waals surface area contributed by atoms with Crippen molar-refractivity contribution in [2.24, 2.45) is 0 Å². The van der Waals surface area contributed by atoms with Crippen LogP contribution in [0.15, 0.2) is 48.8 Å². The lowest BCUT2D eigenvalue weighted by Gasteiger charge is -2.22. The standard InChI is InChI=1S/C28H31N5O5/c34-18-35-10-8-25(21-15-26-28(30-16-21)38-13-12-37-26)33-24-6-5-23(14-20(24)17-31-33)36-11-7-22-4-3-19-2-1-9-29-27(19)32-22/h3-6,14-17,25,34H,1-2,7-13,18H2,(H,29,32). The second-order valence-corrected chi connectivity index (χ2v) is 9.36. The number of nitrogens with one attached hydrogen (secondary N) is 1. The Balaban J connectivity index is 1.18. The molecule has 198 valence electrons. The lowest BCUT2D eigenvalue weighted by molar-refractivity contribution is -0.00504. The summed E-state index contributed by atoms with van der Waals surface area (Å²) >= 11 is 0. The molecule has 6 rings (SSSR count). The molecule has 0 radical (unpaired) electrons. The molecule has 4 aromatic rings. The summed E-state index contributed by atoms with van der Waals surface area (Å²) in [4.78, 5) is 9.20. The summed E-state index contributed by atoms with van der Waals surface area (Å²) in [5.74, 6) is 2.92. The Labute approximate surface area is 220 Å². The first-order valence-electron chi connectivity index (χ1n) is 13.1. The second kappa shape index (κ2) is 11.2. The Bertz CT molecular complexity index is 1410. The van der Waals surface area contributed by atoms with Gasteiger partial charge in [0.15, 0.2) is 5.75 Å². The van der Waals surface area contributed by atoms with Gasteiger partial charge in [-0.3, -0.25) is 4.68 Å². The molecule has 0 fully saturated rings. The van der Waals surface area contributed by atoms with Crippen molar-refractivity contribution in [3.05, 3.63) is 65.6 Å². The summed E-state index contributed by atoms with van der Waals surface area (Å²) in [6.45, 7) is 2.53. The lowest BCUT2D eigenvalue weighted by Crippen LogP contribution is -2.19. The number of aromatic nitrogens is 4. The molecular formula is C28H31N5O5. The van der Waals surface area contributed by atoms with Crippen LogP contribution < -0.4 is 19.5 Å². The molecule has 2 N–H and O–H groups in total. The number of benzene rings is 1. The Morgan fingerprint density at radius 2 is 2.03 bits per heavy atom. The molecule has 3 aromatic heterocycles. The van der Waals surface area contributed by atoms with Gasteiger partial charge < -0.3 is 29.4 Å². The molecule has 0 saturated carbocycles. The zero-order chi connectivity index (χ0) is 25.7. The Morgan fingerprint density at radius 3 is 2.97 bits per heavy atom. The number of aliphatic hydroxyl groups excluding tert-OH is 1. The molecule has 1 atom stereocenters. The highest BCUT2D eigenvalue weighted by molar-refractivity contribution is 5.80. The number of rotatable bonds is 10. The van der Waals surface area contributed by atoms with Crippen molar-refractivity contribution in [3.8, 4) is 17.4 Å². The molecule has 5 heterocycles. The van der Waals surface area contributed by atoms with Crippen molar-refractivity contribution >= 4 is 16.7 Å². The fourth-order valence-electron chi connectivity index (χ4n) is 4.97. The van der Waals surface area contributed by atoms with E-state index in [-0.39, 0.29) is 12.8 Å². The van der Waals surface area contributed by atoms with Crippen LogP contribution in [0.1, 0.15) is 35.7 Å². The molecule has 0 aliphatic carbocycles. The van der Waals surface area contributed by atoms with Crippen molar-refractivity contribution in [1.82, 2.24) is 19.7 Å². The SMILES string of the molecule is OCOCCC(c1cnc2c(c1)OCCO2)n1ncc2cc(OCCc3ccc4c(n3)NCCC4)ccc21. The Kier molecular flexibility index (Phi) is 7.23. The quantitative estimate of drug-likeness (QED) is 0.241. The first kappa shape index (κ1) is 24.4. The molecule has 10 nitrogen and oxygen atoms in total. The summed E-state index contributed by atoms with van der Waals surface area (Å²) in [7, 11) is 0. The van der Waals surface area contributed by atoms with E-state index in [1.807, 2.05) is 35.1 Å². The minimum atomic E-state index is -0.329. The first-order valence-corrected chi connectivity index (χ1v) is 13.1. The Hall–Kier alpha value is -3.89. The van der Waals surface area contributed by atoms with Crippen LogP contribution in [0.3, 0.4) is 0 Å². The average Bonchev–Trinajstić information content (AvgIpc) is 3.38. The minimum absolute atomic E-state index is 0.169. The van der Waals surface area contributed by atoms with E-state index in [1.165, 1.54) is 5.56 Å². The van der Waals surface area contributed by atoms with Crippen molar-refractivity contribution in [3.63, 3.8) is 0 Å². The maximum absolute atomic E-state index is 9.12. The van der Waals surface area contributed by atoms with E-state index >= 15 is 0 Å². The molecule has 2 aliphatic rings. The van der Waals surface area contributed by atoms with Gasteiger partial charge in [-0.05, 0) is 60.7 Å². The number of aliphatic hydroxyl groups is 1. The second-order valence-electron chi connectivity index (χ2n) is 9.36. The fourth-order valence-corrected chi connectivity index (χ4v) is 4.97.